The highest BCUT2D eigenvalue weighted by atomic mass is 32.2. The van der Waals surface area contributed by atoms with Crippen molar-refractivity contribution in [1.82, 2.24) is 0 Å². The predicted molar refractivity (Wildman–Crippen MR) is 67.6 cm³/mol. The first-order valence-corrected chi connectivity index (χ1v) is 6.34. The van der Waals surface area contributed by atoms with E-state index >= 15 is 0 Å². The van der Waals surface area contributed by atoms with E-state index in [1.54, 1.807) is 0 Å². The number of hydrogen-bond donors (Lipinski definition) is 1. The summed E-state index contributed by atoms with van der Waals surface area (Å²) >= 11 is 1.97. The normalized spacial score (nSPS) is 25.1. The first-order valence-electron chi connectivity index (χ1n) is 5.46. The quantitative estimate of drug-likeness (QED) is 0.833. The second-order valence-corrected chi connectivity index (χ2v) is 5.43. The maximum atomic E-state index is 5.68. The number of hydrogen-bond acceptors (Lipinski definition) is 3. The van der Waals surface area contributed by atoms with Gasteiger partial charge in [0.1, 0.15) is 0 Å². The van der Waals surface area contributed by atoms with E-state index in [1.807, 2.05) is 11.8 Å². The van der Waals surface area contributed by atoms with Crippen LogP contribution in [0.2, 0.25) is 0 Å². The Morgan fingerprint density at radius 3 is 2.80 bits per heavy atom. The van der Waals surface area contributed by atoms with Crippen molar-refractivity contribution < 1.29 is 0 Å². The van der Waals surface area contributed by atoms with E-state index in [0.717, 1.165) is 13.1 Å². The average Bonchev–Trinajstić information content (AvgIpc) is 2.25. The molecule has 1 aromatic rings. The summed E-state index contributed by atoms with van der Waals surface area (Å²) in [5, 5.41) is 0.631. The Morgan fingerprint density at radius 2 is 2.07 bits per heavy atom. The molecule has 0 fully saturated rings. The van der Waals surface area contributed by atoms with Crippen LogP contribution in [0.25, 0.3) is 0 Å². The third-order valence-corrected chi connectivity index (χ3v) is 4.39. The summed E-state index contributed by atoms with van der Waals surface area (Å²) in [4.78, 5) is 3.81. The second kappa shape index (κ2) is 4.45. The first-order chi connectivity index (χ1) is 7.24. The van der Waals surface area contributed by atoms with Crippen molar-refractivity contribution in [1.29, 1.82) is 0 Å². The van der Waals surface area contributed by atoms with Crippen LogP contribution in [0.3, 0.4) is 0 Å². The molecule has 0 saturated heterocycles. The van der Waals surface area contributed by atoms with E-state index in [-0.39, 0.29) is 0 Å². The minimum Gasteiger partial charge on any atom is -0.366 e. The number of nitrogens with zero attached hydrogens (tertiary/aromatic N) is 1. The minimum atomic E-state index is 0.563. The molecule has 1 aromatic carbocycles. The predicted octanol–water partition coefficient (Wildman–Crippen LogP) is 2.33. The third kappa shape index (κ3) is 1.99. The molecule has 1 aliphatic heterocycles. The maximum Gasteiger partial charge on any atom is 0.0507 e. The summed E-state index contributed by atoms with van der Waals surface area (Å²) in [5.41, 5.74) is 7.02. The molecule has 0 aromatic heterocycles. The van der Waals surface area contributed by atoms with Crippen LogP contribution in [0.1, 0.15) is 13.8 Å². The van der Waals surface area contributed by atoms with Crippen molar-refractivity contribution in [3.05, 3.63) is 24.3 Å². The number of para-hydroxylation sites is 1. The number of nitrogens with two attached hydrogens (primary N) is 1. The first kappa shape index (κ1) is 10.8. The standard InChI is InChI=1S/C12H18N2S/c1-9-10(2)15-12-6-4-3-5-11(12)14(9)8-7-13/h3-6,9-10H,7-8,13H2,1-2H3. The summed E-state index contributed by atoms with van der Waals surface area (Å²) in [7, 11) is 0. The fraction of sp³-hybridized carbons (Fsp3) is 0.500. The van der Waals surface area contributed by atoms with Crippen molar-refractivity contribution >= 4 is 17.4 Å². The fourth-order valence-corrected chi connectivity index (χ4v) is 3.24. The molecule has 2 nitrogen and oxygen atoms in total. The molecular formula is C12H18N2S. The maximum absolute atomic E-state index is 5.68. The number of thioether (sulfide) groups is 1. The Balaban J connectivity index is 2.36. The van der Waals surface area contributed by atoms with Gasteiger partial charge in [0.15, 0.2) is 0 Å². The van der Waals surface area contributed by atoms with Gasteiger partial charge in [-0.3, -0.25) is 0 Å². The molecule has 2 N–H and O–H groups in total. The highest BCUT2D eigenvalue weighted by Crippen LogP contribution is 2.40. The van der Waals surface area contributed by atoms with Gasteiger partial charge in [0, 0.05) is 29.3 Å². The molecule has 0 bridgehead atoms. The molecule has 0 radical (unpaired) electrons. The molecule has 3 heteroatoms. The summed E-state index contributed by atoms with van der Waals surface area (Å²) in [6.07, 6.45) is 0. The topological polar surface area (TPSA) is 29.3 Å². The van der Waals surface area contributed by atoms with Gasteiger partial charge in [-0.2, -0.15) is 0 Å². The Morgan fingerprint density at radius 1 is 1.33 bits per heavy atom. The van der Waals surface area contributed by atoms with Crippen LogP contribution in [0.4, 0.5) is 5.69 Å². The average molecular weight is 222 g/mol. The molecule has 1 heterocycles. The number of rotatable bonds is 2. The molecule has 2 atom stereocenters. The van der Waals surface area contributed by atoms with Gasteiger partial charge in [0.25, 0.3) is 0 Å². The Kier molecular flexibility index (Phi) is 3.22. The zero-order valence-electron chi connectivity index (χ0n) is 9.31. The summed E-state index contributed by atoms with van der Waals surface area (Å²) in [6, 6.07) is 9.17. The van der Waals surface area contributed by atoms with Crippen LogP contribution < -0.4 is 10.6 Å². The molecule has 82 valence electrons. The van der Waals surface area contributed by atoms with Gasteiger partial charge < -0.3 is 10.6 Å². The molecule has 0 spiro atoms. The van der Waals surface area contributed by atoms with Crippen molar-refractivity contribution in [2.45, 2.75) is 30.0 Å². The smallest absolute Gasteiger partial charge is 0.0507 e. The second-order valence-electron chi connectivity index (χ2n) is 4.01. The highest BCUT2D eigenvalue weighted by molar-refractivity contribution is 8.00. The lowest BCUT2D eigenvalue weighted by molar-refractivity contribution is 0.616. The molecular weight excluding hydrogens is 204 g/mol. The van der Waals surface area contributed by atoms with Crippen LogP contribution in [0.5, 0.6) is 0 Å². The zero-order valence-corrected chi connectivity index (χ0v) is 10.1. The minimum absolute atomic E-state index is 0.563. The molecule has 0 aliphatic carbocycles. The third-order valence-electron chi connectivity index (χ3n) is 3.03. The molecule has 0 saturated carbocycles. The lowest BCUT2D eigenvalue weighted by Crippen LogP contribution is -2.44. The summed E-state index contributed by atoms with van der Waals surface area (Å²) in [5.74, 6) is 0. The highest BCUT2D eigenvalue weighted by Gasteiger charge is 2.28. The van der Waals surface area contributed by atoms with Crippen LogP contribution >= 0.6 is 11.8 Å². The van der Waals surface area contributed by atoms with E-state index in [9.17, 15) is 0 Å². The Hall–Kier alpha value is -0.670. The van der Waals surface area contributed by atoms with Crippen LogP contribution in [0.15, 0.2) is 29.2 Å². The van der Waals surface area contributed by atoms with E-state index < -0.39 is 0 Å². The van der Waals surface area contributed by atoms with E-state index in [4.69, 9.17) is 5.73 Å². The Labute approximate surface area is 95.8 Å². The molecule has 0 amide bonds. The van der Waals surface area contributed by atoms with Gasteiger partial charge >= 0.3 is 0 Å². The lowest BCUT2D eigenvalue weighted by Gasteiger charge is -2.40. The van der Waals surface area contributed by atoms with E-state index in [2.05, 4.69) is 43.0 Å². The summed E-state index contributed by atoms with van der Waals surface area (Å²) in [6.45, 7) is 6.23. The van der Waals surface area contributed by atoms with Gasteiger partial charge in [-0.1, -0.05) is 19.1 Å². The monoisotopic (exact) mass is 222 g/mol. The van der Waals surface area contributed by atoms with Gasteiger partial charge in [-0.05, 0) is 19.1 Å². The zero-order chi connectivity index (χ0) is 10.8. The van der Waals surface area contributed by atoms with E-state index in [1.165, 1.54) is 10.6 Å². The van der Waals surface area contributed by atoms with Crippen molar-refractivity contribution in [2.24, 2.45) is 5.73 Å². The lowest BCUT2D eigenvalue weighted by atomic mass is 10.1. The fourth-order valence-electron chi connectivity index (χ4n) is 2.03. The molecule has 1 aliphatic rings. The van der Waals surface area contributed by atoms with Crippen molar-refractivity contribution in [3.8, 4) is 0 Å². The number of anilines is 1. The van der Waals surface area contributed by atoms with Crippen molar-refractivity contribution in [3.63, 3.8) is 0 Å². The van der Waals surface area contributed by atoms with Crippen LogP contribution in [-0.2, 0) is 0 Å². The van der Waals surface area contributed by atoms with Gasteiger partial charge in [0.2, 0.25) is 0 Å². The van der Waals surface area contributed by atoms with Gasteiger partial charge in [-0.25, -0.2) is 0 Å². The Bertz CT molecular complexity index is 340. The van der Waals surface area contributed by atoms with Crippen LogP contribution in [-0.4, -0.2) is 24.4 Å². The number of benzene rings is 1. The number of fused-ring (bicyclic) bond motifs is 1. The van der Waals surface area contributed by atoms with Gasteiger partial charge in [-0.15, -0.1) is 11.8 Å². The van der Waals surface area contributed by atoms with Crippen molar-refractivity contribution in [2.75, 3.05) is 18.0 Å². The molecule has 2 rings (SSSR count). The van der Waals surface area contributed by atoms with Gasteiger partial charge in [0.05, 0.1) is 5.69 Å². The summed E-state index contributed by atoms with van der Waals surface area (Å²) < 4.78 is 0. The largest absolute Gasteiger partial charge is 0.366 e. The van der Waals surface area contributed by atoms with E-state index in [0.29, 0.717) is 11.3 Å². The molecule has 15 heavy (non-hydrogen) atoms. The molecule has 2 unspecified atom stereocenters. The van der Waals surface area contributed by atoms with Crippen LogP contribution in [0, 0.1) is 0 Å². The SMILES string of the molecule is CC1Sc2ccccc2N(CCN)C1C.